The van der Waals surface area contributed by atoms with Crippen LogP contribution >= 0.6 is 11.6 Å². The molecule has 114 valence electrons. The Morgan fingerprint density at radius 1 is 1.24 bits per heavy atom. The van der Waals surface area contributed by atoms with E-state index in [1.807, 2.05) is 0 Å². The zero-order valence-electron chi connectivity index (χ0n) is 13.0. The van der Waals surface area contributed by atoms with Crippen LogP contribution in [0.15, 0.2) is 23.8 Å². The van der Waals surface area contributed by atoms with Gasteiger partial charge in [-0.1, -0.05) is 23.3 Å². The van der Waals surface area contributed by atoms with Crippen LogP contribution < -0.4 is 4.74 Å². The topological polar surface area (TPSA) is 12.5 Å². The molecular weight excluding hydrogens is 282 g/mol. The smallest absolute Gasteiger partial charge is 0.137 e. The van der Waals surface area contributed by atoms with E-state index in [4.69, 9.17) is 16.3 Å². The van der Waals surface area contributed by atoms with Crippen molar-refractivity contribution in [3.63, 3.8) is 0 Å². The van der Waals surface area contributed by atoms with Crippen LogP contribution in [0, 0.1) is 0 Å². The highest BCUT2D eigenvalue weighted by molar-refractivity contribution is 6.32. The third kappa shape index (κ3) is 3.12. The summed E-state index contributed by atoms with van der Waals surface area (Å²) in [6, 6.07) is 4.29. The van der Waals surface area contributed by atoms with E-state index in [-0.39, 0.29) is 0 Å². The van der Waals surface area contributed by atoms with Gasteiger partial charge in [0.05, 0.1) is 12.1 Å². The highest BCUT2D eigenvalue weighted by atomic mass is 35.5. The molecule has 1 aromatic rings. The molecule has 1 aromatic carbocycles. The predicted octanol–water partition coefficient (Wildman–Crippen LogP) is 4.42. The fourth-order valence-electron chi connectivity index (χ4n) is 3.62. The lowest BCUT2D eigenvalue weighted by atomic mass is 9.82. The zero-order valence-corrected chi connectivity index (χ0v) is 13.7. The fourth-order valence-corrected chi connectivity index (χ4v) is 3.88. The van der Waals surface area contributed by atoms with Crippen molar-refractivity contribution in [3.05, 3.63) is 39.9 Å². The minimum atomic E-state index is 0.499. The lowest BCUT2D eigenvalue weighted by molar-refractivity contribution is 0.333. The van der Waals surface area contributed by atoms with E-state index in [1.54, 1.807) is 12.7 Å². The van der Waals surface area contributed by atoms with E-state index < -0.39 is 0 Å². The van der Waals surface area contributed by atoms with Crippen molar-refractivity contribution in [2.75, 3.05) is 27.2 Å². The number of fused-ring (bicyclic) bond motifs is 1. The largest absolute Gasteiger partial charge is 0.495 e. The molecule has 0 saturated carbocycles. The van der Waals surface area contributed by atoms with Crippen LogP contribution in [0.25, 0.3) is 0 Å². The molecule has 0 saturated heterocycles. The van der Waals surface area contributed by atoms with Crippen LogP contribution in [0.2, 0.25) is 5.02 Å². The highest BCUT2D eigenvalue weighted by Crippen LogP contribution is 2.39. The van der Waals surface area contributed by atoms with Crippen molar-refractivity contribution in [3.8, 4) is 5.75 Å². The average molecular weight is 306 g/mol. The summed E-state index contributed by atoms with van der Waals surface area (Å²) in [5.41, 5.74) is 4.43. The van der Waals surface area contributed by atoms with Crippen LogP contribution in [0.4, 0.5) is 0 Å². The first-order chi connectivity index (χ1) is 10.2. The first-order valence-corrected chi connectivity index (χ1v) is 8.30. The van der Waals surface area contributed by atoms with Gasteiger partial charge >= 0.3 is 0 Å². The molecule has 1 unspecified atom stereocenters. The third-order valence-corrected chi connectivity index (χ3v) is 5.12. The molecule has 0 N–H and O–H groups in total. The summed E-state index contributed by atoms with van der Waals surface area (Å²) in [7, 11) is 3.92. The van der Waals surface area contributed by atoms with Gasteiger partial charge in [-0.2, -0.15) is 0 Å². The number of likely N-dealkylation sites (N-methyl/N-ethyl adjacent to an activating group) is 1. The number of allylic oxidation sites excluding steroid dienone is 1. The molecular formula is C18H24ClNO. The molecule has 21 heavy (non-hydrogen) atoms. The number of halogens is 1. The molecule has 1 heterocycles. The third-order valence-electron chi connectivity index (χ3n) is 4.82. The number of benzene rings is 1. The second kappa shape index (κ2) is 6.41. The molecule has 0 aromatic heterocycles. The van der Waals surface area contributed by atoms with Gasteiger partial charge in [0.1, 0.15) is 5.75 Å². The maximum absolute atomic E-state index is 6.33. The molecule has 1 aliphatic heterocycles. The Morgan fingerprint density at radius 2 is 2.10 bits per heavy atom. The van der Waals surface area contributed by atoms with Crippen LogP contribution in [0.1, 0.15) is 42.7 Å². The molecule has 1 aliphatic carbocycles. The number of hydrogen-bond donors (Lipinski definition) is 0. The predicted molar refractivity (Wildman–Crippen MR) is 88.5 cm³/mol. The monoisotopic (exact) mass is 305 g/mol. The zero-order chi connectivity index (χ0) is 14.8. The van der Waals surface area contributed by atoms with Gasteiger partial charge in [0.25, 0.3) is 0 Å². The van der Waals surface area contributed by atoms with Crippen molar-refractivity contribution in [2.24, 2.45) is 0 Å². The van der Waals surface area contributed by atoms with Gasteiger partial charge < -0.3 is 9.64 Å². The van der Waals surface area contributed by atoms with Crippen LogP contribution in [0.3, 0.4) is 0 Å². The summed E-state index contributed by atoms with van der Waals surface area (Å²) in [5, 5.41) is 0.733. The Hall–Kier alpha value is -0.990. The standard InChI is InChI=1S/C18H24ClNO/c1-20-9-8-14-10-17(19)18(21-2)11-15(14)16(12-20)13-6-4-3-5-7-13/h6,10-11,16H,3-5,7-9,12H2,1-2H3. The summed E-state index contributed by atoms with van der Waals surface area (Å²) in [6.07, 6.45) is 8.67. The minimum absolute atomic E-state index is 0.499. The Labute approximate surface area is 132 Å². The van der Waals surface area contributed by atoms with Gasteiger partial charge in [-0.3, -0.25) is 0 Å². The van der Waals surface area contributed by atoms with Crippen LogP contribution in [-0.2, 0) is 6.42 Å². The average Bonchev–Trinajstić information content (AvgIpc) is 2.67. The first kappa shape index (κ1) is 14.9. The van der Waals surface area contributed by atoms with Gasteiger partial charge in [0, 0.05) is 19.0 Å². The number of nitrogens with zero attached hydrogens (tertiary/aromatic N) is 1. The Morgan fingerprint density at radius 3 is 2.81 bits per heavy atom. The second-order valence-electron chi connectivity index (χ2n) is 6.28. The van der Waals surface area contributed by atoms with E-state index in [0.29, 0.717) is 5.92 Å². The Bertz CT molecular complexity index is 552. The van der Waals surface area contributed by atoms with Crippen molar-refractivity contribution in [1.82, 2.24) is 4.90 Å². The SMILES string of the molecule is COc1cc2c(cc1Cl)CCN(C)CC2C1=CCCCC1. The van der Waals surface area contributed by atoms with E-state index in [2.05, 4.69) is 30.2 Å². The lowest BCUT2D eigenvalue weighted by Crippen LogP contribution is -2.25. The summed E-state index contributed by atoms with van der Waals surface area (Å²) < 4.78 is 5.45. The molecule has 0 radical (unpaired) electrons. The molecule has 3 heteroatoms. The Kier molecular flexibility index (Phi) is 4.56. The van der Waals surface area contributed by atoms with Crippen molar-refractivity contribution in [2.45, 2.75) is 38.0 Å². The van der Waals surface area contributed by atoms with Crippen LogP contribution in [-0.4, -0.2) is 32.1 Å². The number of ether oxygens (including phenoxy) is 1. The van der Waals surface area contributed by atoms with Crippen molar-refractivity contribution >= 4 is 11.6 Å². The maximum atomic E-state index is 6.33. The quantitative estimate of drug-likeness (QED) is 0.750. The molecule has 3 rings (SSSR count). The number of rotatable bonds is 2. The van der Waals surface area contributed by atoms with E-state index >= 15 is 0 Å². The molecule has 2 aliphatic rings. The van der Waals surface area contributed by atoms with Gasteiger partial charge in [0.2, 0.25) is 0 Å². The Balaban J connectivity index is 2.05. The van der Waals surface area contributed by atoms with Crippen molar-refractivity contribution < 1.29 is 4.74 Å². The number of methoxy groups -OCH3 is 1. The molecule has 0 bridgehead atoms. The normalized spacial score (nSPS) is 23.2. The fraction of sp³-hybridized carbons (Fsp3) is 0.556. The van der Waals surface area contributed by atoms with E-state index in [9.17, 15) is 0 Å². The summed E-state index contributed by atoms with van der Waals surface area (Å²) in [4.78, 5) is 2.44. The van der Waals surface area contributed by atoms with E-state index in [1.165, 1.54) is 36.8 Å². The molecule has 0 amide bonds. The molecule has 2 nitrogen and oxygen atoms in total. The molecule has 0 spiro atoms. The lowest BCUT2D eigenvalue weighted by Gasteiger charge is -2.27. The van der Waals surface area contributed by atoms with Gasteiger partial charge in [-0.25, -0.2) is 0 Å². The summed E-state index contributed by atoms with van der Waals surface area (Å²) >= 11 is 6.33. The van der Waals surface area contributed by atoms with Gasteiger partial charge in [-0.15, -0.1) is 0 Å². The molecule has 1 atom stereocenters. The second-order valence-corrected chi connectivity index (χ2v) is 6.68. The van der Waals surface area contributed by atoms with Crippen molar-refractivity contribution in [1.29, 1.82) is 0 Å². The summed E-state index contributed by atoms with van der Waals surface area (Å²) in [6.45, 7) is 2.20. The van der Waals surface area contributed by atoms with Gasteiger partial charge in [-0.05, 0) is 62.4 Å². The molecule has 0 fully saturated rings. The maximum Gasteiger partial charge on any atom is 0.137 e. The highest BCUT2D eigenvalue weighted by Gasteiger charge is 2.26. The van der Waals surface area contributed by atoms with Crippen LogP contribution in [0.5, 0.6) is 5.75 Å². The number of hydrogen-bond acceptors (Lipinski definition) is 2. The minimum Gasteiger partial charge on any atom is -0.495 e. The first-order valence-electron chi connectivity index (χ1n) is 7.93. The van der Waals surface area contributed by atoms with E-state index in [0.717, 1.165) is 30.3 Å². The van der Waals surface area contributed by atoms with Gasteiger partial charge in [0.15, 0.2) is 0 Å². The summed E-state index contributed by atoms with van der Waals surface area (Å²) in [5.74, 6) is 1.31.